The normalized spacial score (nSPS) is 26.8. The molecule has 0 unspecified atom stereocenters. The zero-order valence-corrected chi connectivity index (χ0v) is 21.1. The molecule has 1 saturated carbocycles. The first kappa shape index (κ1) is 24.3. The van der Waals surface area contributed by atoms with E-state index in [0.717, 1.165) is 43.7 Å². The van der Waals surface area contributed by atoms with Gasteiger partial charge in [0.05, 0.1) is 6.04 Å². The molecule has 4 atom stereocenters. The number of amides is 1. The Kier molecular flexibility index (Phi) is 7.17. The summed E-state index contributed by atoms with van der Waals surface area (Å²) in [6, 6.07) is 16.4. The molecule has 2 bridgehead atoms. The third-order valence-electron chi connectivity index (χ3n) is 9.08. The smallest absolute Gasteiger partial charge is 0.234 e. The number of unbranched alkanes of at least 4 members (excludes halogenated alkanes) is 1. The molecular weight excluding hydrogens is 434 g/mol. The fraction of sp³-hybridized carbons (Fsp3) is 0.567. The number of hydrogen-bond acceptors (Lipinski definition) is 4. The lowest BCUT2D eigenvalue weighted by Gasteiger charge is -2.56. The van der Waals surface area contributed by atoms with Gasteiger partial charge in [-0.15, -0.1) is 0 Å². The van der Waals surface area contributed by atoms with Crippen molar-refractivity contribution in [3.05, 3.63) is 65.2 Å². The minimum atomic E-state index is -0.336. The molecule has 1 saturated heterocycles. The second kappa shape index (κ2) is 10.3. The van der Waals surface area contributed by atoms with Crippen LogP contribution in [0.1, 0.15) is 62.1 Å². The van der Waals surface area contributed by atoms with Crippen molar-refractivity contribution in [3.8, 4) is 5.75 Å². The topological polar surface area (TPSA) is 78.6 Å². The van der Waals surface area contributed by atoms with Crippen LogP contribution < -0.4 is 11.1 Å². The number of phenolic OH excluding ortho intramolecular Hbond substituents is 1. The number of piperidine rings is 1. The Morgan fingerprint density at radius 1 is 1.20 bits per heavy atom. The first-order valence-electron chi connectivity index (χ1n) is 13.6. The van der Waals surface area contributed by atoms with E-state index in [4.69, 9.17) is 5.73 Å². The van der Waals surface area contributed by atoms with Crippen LogP contribution in [0.2, 0.25) is 0 Å². The lowest BCUT2D eigenvalue weighted by molar-refractivity contribution is -0.120. The molecule has 35 heavy (non-hydrogen) atoms. The Balaban J connectivity index is 1.23. The Morgan fingerprint density at radius 3 is 2.74 bits per heavy atom. The van der Waals surface area contributed by atoms with Gasteiger partial charge in [-0.2, -0.15) is 0 Å². The molecule has 1 aliphatic heterocycles. The summed E-state index contributed by atoms with van der Waals surface area (Å²) in [4.78, 5) is 14.8. The number of likely N-dealkylation sites (tertiary alicyclic amines) is 1. The van der Waals surface area contributed by atoms with Crippen molar-refractivity contribution in [1.82, 2.24) is 10.2 Å². The van der Waals surface area contributed by atoms with Gasteiger partial charge in [0.1, 0.15) is 5.75 Å². The van der Waals surface area contributed by atoms with Crippen LogP contribution in [-0.2, 0) is 23.1 Å². The van der Waals surface area contributed by atoms with E-state index >= 15 is 0 Å². The second-order valence-electron chi connectivity index (χ2n) is 11.3. The van der Waals surface area contributed by atoms with E-state index in [2.05, 4.69) is 29.3 Å². The number of aromatic hydroxyl groups is 1. The van der Waals surface area contributed by atoms with E-state index in [1.165, 1.54) is 43.5 Å². The Hall–Kier alpha value is -2.37. The molecule has 0 aromatic heterocycles. The second-order valence-corrected chi connectivity index (χ2v) is 11.3. The molecule has 188 valence electrons. The lowest BCUT2D eigenvalue weighted by Crippen LogP contribution is -2.59. The highest BCUT2D eigenvalue weighted by Gasteiger charge is 2.51. The predicted octanol–water partition coefficient (Wildman–Crippen LogP) is 4.16. The summed E-state index contributed by atoms with van der Waals surface area (Å²) in [5.41, 5.74) is 9.76. The van der Waals surface area contributed by atoms with Crippen molar-refractivity contribution in [2.75, 3.05) is 19.6 Å². The number of fused-ring (bicyclic) bond motifs is 4. The van der Waals surface area contributed by atoms with Gasteiger partial charge in [0.25, 0.3) is 0 Å². The van der Waals surface area contributed by atoms with E-state index in [1.54, 1.807) is 0 Å². The molecule has 1 heterocycles. The highest BCUT2D eigenvalue weighted by Crippen LogP contribution is 2.52. The van der Waals surface area contributed by atoms with Crippen LogP contribution in [0.15, 0.2) is 48.5 Å². The van der Waals surface area contributed by atoms with Crippen LogP contribution >= 0.6 is 0 Å². The summed E-state index contributed by atoms with van der Waals surface area (Å²) in [5.74, 6) is 1.59. The van der Waals surface area contributed by atoms with Gasteiger partial charge in [0.2, 0.25) is 5.91 Å². The van der Waals surface area contributed by atoms with Gasteiger partial charge < -0.3 is 16.2 Å². The average Bonchev–Trinajstić information content (AvgIpc) is 3.66. The number of carbonyl (C=O) groups excluding carboxylic acids is 1. The quantitative estimate of drug-likeness (QED) is 0.427. The van der Waals surface area contributed by atoms with E-state index in [-0.39, 0.29) is 17.4 Å². The summed E-state index contributed by atoms with van der Waals surface area (Å²) in [7, 11) is 0. The highest BCUT2D eigenvalue weighted by molar-refractivity contribution is 5.80. The zero-order chi connectivity index (χ0) is 24.4. The minimum Gasteiger partial charge on any atom is -0.508 e. The number of carbonyl (C=O) groups is 1. The van der Waals surface area contributed by atoms with Crippen molar-refractivity contribution < 1.29 is 9.90 Å². The molecule has 0 radical (unpaired) electrons. The number of nitrogens with zero attached hydrogens (tertiary/aromatic N) is 1. The van der Waals surface area contributed by atoms with Crippen LogP contribution in [0.5, 0.6) is 5.75 Å². The Labute approximate surface area is 210 Å². The van der Waals surface area contributed by atoms with Crippen LogP contribution in [0.25, 0.3) is 0 Å². The predicted molar refractivity (Wildman–Crippen MR) is 140 cm³/mol. The molecule has 0 spiro atoms. The molecule has 4 N–H and O–H groups in total. The molecule has 3 aliphatic rings. The molecule has 2 aliphatic carbocycles. The van der Waals surface area contributed by atoms with Gasteiger partial charge in [-0.1, -0.05) is 49.7 Å². The van der Waals surface area contributed by atoms with Gasteiger partial charge in [-0.3, -0.25) is 9.69 Å². The van der Waals surface area contributed by atoms with E-state index in [0.29, 0.717) is 24.1 Å². The van der Waals surface area contributed by atoms with Crippen molar-refractivity contribution in [2.45, 2.75) is 75.8 Å². The third-order valence-corrected chi connectivity index (χ3v) is 9.08. The van der Waals surface area contributed by atoms with Crippen LogP contribution in [-0.4, -0.2) is 47.6 Å². The minimum absolute atomic E-state index is 0.129. The molecule has 2 fully saturated rings. The first-order valence-corrected chi connectivity index (χ1v) is 13.6. The Bertz CT molecular complexity index is 1020. The molecule has 5 rings (SSSR count). The fourth-order valence-corrected chi connectivity index (χ4v) is 6.85. The standard InChI is InChI=1S/C30H41N3O2/c1-21-28-18-24-11-12-25(34)19-26(24)30(21,14-16-33(28)20-23-9-10-23)13-5-6-15-32-27(29(31)35)17-22-7-3-2-4-8-22/h2-4,7-8,11-12,19,21,23,27-28,32,34H,5-6,9-10,13-18,20H2,1H3,(H2,31,35)/t21-,27-,28+,30-/m0/s1. The molecule has 1 amide bonds. The number of nitrogens with two attached hydrogens (primary N) is 1. The molecule has 5 nitrogen and oxygen atoms in total. The van der Waals surface area contributed by atoms with E-state index in [1.807, 2.05) is 36.4 Å². The zero-order valence-electron chi connectivity index (χ0n) is 21.1. The molecule has 5 heteroatoms. The van der Waals surface area contributed by atoms with Crippen molar-refractivity contribution in [1.29, 1.82) is 0 Å². The SMILES string of the molecule is C[C@H]1[C@H]2Cc3ccc(O)cc3[C@@]1(CCCCN[C@@H](Cc1ccccc1)C(N)=O)CCN2CC1CC1. The highest BCUT2D eigenvalue weighted by atomic mass is 16.3. The van der Waals surface area contributed by atoms with Crippen LogP contribution in [0.4, 0.5) is 0 Å². The number of phenols is 1. The number of nitrogens with one attached hydrogen (secondary N) is 1. The van der Waals surface area contributed by atoms with Gasteiger partial charge in [-0.05, 0) is 98.7 Å². The first-order chi connectivity index (χ1) is 17.0. The lowest BCUT2D eigenvalue weighted by atomic mass is 9.56. The maximum Gasteiger partial charge on any atom is 0.234 e. The maximum absolute atomic E-state index is 12.0. The van der Waals surface area contributed by atoms with Gasteiger partial charge in [0, 0.05) is 18.0 Å². The van der Waals surface area contributed by atoms with Crippen LogP contribution in [0, 0.1) is 11.8 Å². The summed E-state index contributed by atoms with van der Waals surface area (Å²) in [6.07, 6.45) is 8.93. The van der Waals surface area contributed by atoms with E-state index < -0.39 is 0 Å². The summed E-state index contributed by atoms with van der Waals surface area (Å²) >= 11 is 0. The van der Waals surface area contributed by atoms with Crippen LogP contribution in [0.3, 0.4) is 0 Å². The maximum atomic E-state index is 12.0. The van der Waals surface area contributed by atoms with Crippen molar-refractivity contribution in [3.63, 3.8) is 0 Å². The van der Waals surface area contributed by atoms with Gasteiger partial charge >= 0.3 is 0 Å². The van der Waals surface area contributed by atoms with E-state index in [9.17, 15) is 9.90 Å². The fourth-order valence-electron chi connectivity index (χ4n) is 6.85. The van der Waals surface area contributed by atoms with Crippen molar-refractivity contribution in [2.24, 2.45) is 17.6 Å². The van der Waals surface area contributed by atoms with Gasteiger partial charge in [-0.25, -0.2) is 0 Å². The number of hydrogen-bond donors (Lipinski definition) is 3. The third kappa shape index (κ3) is 5.26. The summed E-state index contributed by atoms with van der Waals surface area (Å²) in [6.45, 7) is 5.67. The monoisotopic (exact) mass is 475 g/mol. The summed E-state index contributed by atoms with van der Waals surface area (Å²) in [5, 5.41) is 13.8. The number of primary amides is 1. The molecular formula is C30H41N3O2. The van der Waals surface area contributed by atoms with Gasteiger partial charge in [0.15, 0.2) is 0 Å². The summed E-state index contributed by atoms with van der Waals surface area (Å²) < 4.78 is 0. The molecule has 2 aromatic rings. The average molecular weight is 476 g/mol. The molecule has 2 aromatic carbocycles. The Morgan fingerprint density at radius 2 is 2.00 bits per heavy atom. The van der Waals surface area contributed by atoms with Crippen molar-refractivity contribution >= 4 is 5.91 Å². The largest absolute Gasteiger partial charge is 0.508 e. The number of rotatable bonds is 11. The number of benzene rings is 2.